The lowest BCUT2D eigenvalue weighted by Gasteiger charge is -2.20. The molecule has 17 heavy (non-hydrogen) atoms. The molecule has 0 N–H and O–H groups in total. The fourth-order valence-corrected chi connectivity index (χ4v) is 2.36. The zero-order valence-corrected chi connectivity index (χ0v) is 9.99. The van der Waals surface area contributed by atoms with Crippen LogP contribution in [0.2, 0.25) is 0 Å². The number of benzene rings is 1. The Balaban J connectivity index is 2.10. The van der Waals surface area contributed by atoms with Crippen molar-refractivity contribution in [1.29, 1.82) is 0 Å². The average molecular weight is 235 g/mol. The van der Waals surface area contributed by atoms with E-state index < -0.39 is 0 Å². The number of likely N-dealkylation sites (tertiary alicyclic amines) is 1. The van der Waals surface area contributed by atoms with Crippen molar-refractivity contribution in [3.05, 3.63) is 35.1 Å². The lowest BCUT2D eigenvalue weighted by atomic mass is 10.1. The normalized spacial score (nSPS) is 17.7. The molecule has 0 amide bonds. The third-order valence-corrected chi connectivity index (χ3v) is 3.32. The highest BCUT2D eigenvalue weighted by molar-refractivity contribution is 5.77. The molecule has 0 bridgehead atoms. The molecule has 1 aromatic carbocycles. The van der Waals surface area contributed by atoms with E-state index >= 15 is 0 Å². The second kappa shape index (κ2) is 5.92. The van der Waals surface area contributed by atoms with Crippen molar-refractivity contribution in [2.75, 3.05) is 13.1 Å². The van der Waals surface area contributed by atoms with E-state index in [0.29, 0.717) is 12.1 Å². The summed E-state index contributed by atoms with van der Waals surface area (Å²) >= 11 is 0. The first-order valence-corrected chi connectivity index (χ1v) is 6.25. The highest BCUT2D eigenvalue weighted by atomic mass is 19.1. The molecule has 0 aliphatic carbocycles. The van der Waals surface area contributed by atoms with Crippen LogP contribution < -0.4 is 0 Å². The van der Waals surface area contributed by atoms with Gasteiger partial charge in [0.15, 0.2) is 0 Å². The van der Waals surface area contributed by atoms with E-state index in [1.165, 1.54) is 37.8 Å². The van der Waals surface area contributed by atoms with Gasteiger partial charge >= 0.3 is 0 Å². The molecule has 0 aromatic heterocycles. The Morgan fingerprint density at radius 3 is 2.53 bits per heavy atom. The SMILES string of the molecule is O=Cc1ccc(F)cc1CN1CCCCCC1. The summed E-state index contributed by atoms with van der Waals surface area (Å²) < 4.78 is 13.2. The number of hydrogen-bond donors (Lipinski definition) is 0. The predicted octanol–water partition coefficient (Wildman–Crippen LogP) is 3.01. The Morgan fingerprint density at radius 2 is 1.88 bits per heavy atom. The molecule has 1 aromatic rings. The maximum absolute atomic E-state index is 13.2. The largest absolute Gasteiger partial charge is 0.299 e. The second-order valence-corrected chi connectivity index (χ2v) is 4.65. The Morgan fingerprint density at radius 1 is 1.18 bits per heavy atom. The molecule has 0 spiro atoms. The van der Waals surface area contributed by atoms with Gasteiger partial charge in [0.25, 0.3) is 0 Å². The monoisotopic (exact) mass is 235 g/mol. The van der Waals surface area contributed by atoms with Gasteiger partial charge in [0.05, 0.1) is 0 Å². The minimum Gasteiger partial charge on any atom is -0.299 e. The molecule has 0 radical (unpaired) electrons. The van der Waals surface area contributed by atoms with Crippen molar-refractivity contribution in [3.63, 3.8) is 0 Å². The van der Waals surface area contributed by atoms with Crippen LogP contribution in [0, 0.1) is 5.82 Å². The van der Waals surface area contributed by atoms with E-state index in [2.05, 4.69) is 4.90 Å². The van der Waals surface area contributed by atoms with Gasteiger partial charge in [-0.3, -0.25) is 9.69 Å². The van der Waals surface area contributed by atoms with Crippen LogP contribution in [-0.2, 0) is 6.54 Å². The van der Waals surface area contributed by atoms with Crippen LogP contribution in [0.3, 0.4) is 0 Å². The van der Waals surface area contributed by atoms with Gasteiger partial charge in [-0.1, -0.05) is 12.8 Å². The summed E-state index contributed by atoms with van der Waals surface area (Å²) in [4.78, 5) is 13.2. The minimum atomic E-state index is -0.263. The minimum absolute atomic E-state index is 0.263. The number of nitrogens with zero attached hydrogens (tertiary/aromatic N) is 1. The van der Waals surface area contributed by atoms with Gasteiger partial charge in [-0.25, -0.2) is 4.39 Å². The van der Waals surface area contributed by atoms with Gasteiger partial charge in [0.2, 0.25) is 0 Å². The number of halogens is 1. The van der Waals surface area contributed by atoms with E-state index in [4.69, 9.17) is 0 Å². The quantitative estimate of drug-likeness (QED) is 0.751. The average Bonchev–Trinajstić information content (AvgIpc) is 2.58. The van der Waals surface area contributed by atoms with Gasteiger partial charge < -0.3 is 0 Å². The van der Waals surface area contributed by atoms with E-state index in [1.807, 2.05) is 0 Å². The molecule has 1 aliphatic rings. The Kier molecular flexibility index (Phi) is 4.26. The van der Waals surface area contributed by atoms with Crippen LogP contribution >= 0.6 is 0 Å². The number of aldehydes is 1. The number of hydrogen-bond acceptors (Lipinski definition) is 2. The Labute approximate surface area is 101 Å². The van der Waals surface area contributed by atoms with Crippen molar-refractivity contribution in [2.45, 2.75) is 32.2 Å². The maximum Gasteiger partial charge on any atom is 0.150 e. The first-order chi connectivity index (χ1) is 8.29. The number of carbonyl (C=O) groups excluding carboxylic acids is 1. The Bertz CT molecular complexity index is 384. The smallest absolute Gasteiger partial charge is 0.150 e. The van der Waals surface area contributed by atoms with Crippen molar-refractivity contribution >= 4 is 6.29 Å². The second-order valence-electron chi connectivity index (χ2n) is 4.65. The third kappa shape index (κ3) is 3.37. The summed E-state index contributed by atoms with van der Waals surface area (Å²) in [6.07, 6.45) is 5.77. The van der Waals surface area contributed by atoms with Gasteiger partial charge in [0.1, 0.15) is 12.1 Å². The molecule has 0 unspecified atom stereocenters. The third-order valence-electron chi connectivity index (χ3n) is 3.32. The van der Waals surface area contributed by atoms with Crippen LogP contribution in [0.4, 0.5) is 4.39 Å². The van der Waals surface area contributed by atoms with Crippen LogP contribution in [0.5, 0.6) is 0 Å². The molecule has 3 heteroatoms. The summed E-state index contributed by atoms with van der Waals surface area (Å²) in [6, 6.07) is 4.39. The highest BCUT2D eigenvalue weighted by Crippen LogP contribution is 2.16. The van der Waals surface area contributed by atoms with E-state index in [1.54, 1.807) is 6.07 Å². The first kappa shape index (κ1) is 12.2. The fraction of sp³-hybridized carbons (Fsp3) is 0.500. The summed E-state index contributed by atoms with van der Waals surface area (Å²) in [5, 5.41) is 0. The van der Waals surface area contributed by atoms with Crippen LogP contribution in [0.25, 0.3) is 0 Å². The molecular weight excluding hydrogens is 217 g/mol. The fourth-order valence-electron chi connectivity index (χ4n) is 2.36. The molecule has 1 saturated heterocycles. The van der Waals surface area contributed by atoms with Gasteiger partial charge in [0, 0.05) is 12.1 Å². The number of rotatable bonds is 3. The lowest BCUT2D eigenvalue weighted by Crippen LogP contribution is -2.24. The molecule has 0 atom stereocenters. The molecule has 0 saturated carbocycles. The summed E-state index contributed by atoms with van der Waals surface area (Å²) in [7, 11) is 0. The lowest BCUT2D eigenvalue weighted by molar-refractivity contribution is 0.112. The van der Waals surface area contributed by atoms with Gasteiger partial charge in [-0.2, -0.15) is 0 Å². The Hall–Kier alpha value is -1.22. The topological polar surface area (TPSA) is 20.3 Å². The maximum atomic E-state index is 13.2. The molecule has 2 rings (SSSR count). The summed E-state index contributed by atoms with van der Waals surface area (Å²) in [5.74, 6) is -0.263. The van der Waals surface area contributed by atoms with Crippen LogP contribution in [-0.4, -0.2) is 24.3 Å². The van der Waals surface area contributed by atoms with E-state index in [0.717, 1.165) is 24.9 Å². The molecule has 2 nitrogen and oxygen atoms in total. The zero-order valence-electron chi connectivity index (χ0n) is 9.99. The van der Waals surface area contributed by atoms with Crippen molar-refractivity contribution in [3.8, 4) is 0 Å². The standard InChI is InChI=1S/C14H18FNO/c15-14-6-5-12(11-17)13(9-14)10-16-7-3-1-2-4-8-16/h5-6,9,11H,1-4,7-8,10H2. The summed E-state index contributed by atoms with van der Waals surface area (Å²) in [6.45, 7) is 2.79. The molecule has 1 aliphatic heterocycles. The molecule has 92 valence electrons. The number of carbonyl (C=O) groups is 1. The zero-order chi connectivity index (χ0) is 12.1. The van der Waals surface area contributed by atoms with E-state index in [9.17, 15) is 9.18 Å². The van der Waals surface area contributed by atoms with Crippen molar-refractivity contribution in [1.82, 2.24) is 4.90 Å². The summed E-state index contributed by atoms with van der Waals surface area (Å²) in [5.41, 5.74) is 1.41. The molecule has 1 heterocycles. The van der Waals surface area contributed by atoms with Gasteiger partial charge in [-0.05, 0) is 49.7 Å². The molecule has 1 fully saturated rings. The first-order valence-electron chi connectivity index (χ1n) is 6.25. The predicted molar refractivity (Wildman–Crippen MR) is 65.5 cm³/mol. The molecular formula is C14H18FNO. The van der Waals surface area contributed by atoms with Crippen molar-refractivity contribution in [2.24, 2.45) is 0 Å². The van der Waals surface area contributed by atoms with E-state index in [-0.39, 0.29) is 5.82 Å². The van der Waals surface area contributed by atoms with Crippen LogP contribution in [0.15, 0.2) is 18.2 Å². The van der Waals surface area contributed by atoms with Crippen molar-refractivity contribution < 1.29 is 9.18 Å². The highest BCUT2D eigenvalue weighted by Gasteiger charge is 2.12. The van der Waals surface area contributed by atoms with Gasteiger partial charge in [-0.15, -0.1) is 0 Å². The van der Waals surface area contributed by atoms with Crippen LogP contribution in [0.1, 0.15) is 41.6 Å².